The van der Waals surface area contributed by atoms with Crippen molar-refractivity contribution in [2.24, 2.45) is 0 Å². The number of esters is 1. The minimum atomic E-state index is -0.383. The van der Waals surface area contributed by atoms with Crippen molar-refractivity contribution in [3.05, 3.63) is 23.8 Å². The molecular formula is C14H21NO3. The molecule has 0 saturated carbocycles. The molecule has 0 aliphatic rings. The van der Waals surface area contributed by atoms with Gasteiger partial charge < -0.3 is 15.2 Å². The van der Waals surface area contributed by atoms with E-state index in [-0.39, 0.29) is 12.1 Å². The summed E-state index contributed by atoms with van der Waals surface area (Å²) >= 11 is 0. The van der Waals surface area contributed by atoms with Gasteiger partial charge in [0, 0.05) is 0 Å². The summed E-state index contributed by atoms with van der Waals surface area (Å²) in [4.78, 5) is 12.0. The van der Waals surface area contributed by atoms with Crippen LogP contribution in [0.1, 0.15) is 44.0 Å². The summed E-state index contributed by atoms with van der Waals surface area (Å²) in [6, 6.07) is 5.10. The van der Waals surface area contributed by atoms with Crippen molar-refractivity contribution < 1.29 is 14.3 Å². The Hall–Kier alpha value is -1.71. The van der Waals surface area contributed by atoms with Crippen molar-refractivity contribution >= 4 is 11.7 Å². The molecule has 0 aromatic heterocycles. The molecule has 1 aromatic rings. The van der Waals surface area contributed by atoms with Crippen LogP contribution < -0.4 is 10.5 Å². The third kappa shape index (κ3) is 3.65. The van der Waals surface area contributed by atoms with Crippen LogP contribution >= 0.6 is 0 Å². The standard InChI is InChI=1S/C14H21NO3/c1-4-7-10(3)18-14(16)11-8-6-9-12(15)13(11)17-5-2/h6,8-10H,4-5,7,15H2,1-3H3. The number of benzene rings is 1. The molecule has 0 fully saturated rings. The maximum atomic E-state index is 12.0. The summed E-state index contributed by atoms with van der Waals surface area (Å²) in [5.41, 5.74) is 6.64. The number of rotatable bonds is 6. The van der Waals surface area contributed by atoms with Crippen molar-refractivity contribution in [2.75, 3.05) is 12.3 Å². The predicted octanol–water partition coefficient (Wildman–Crippen LogP) is 3.01. The largest absolute Gasteiger partial charge is 0.491 e. The molecule has 4 heteroatoms. The normalized spacial score (nSPS) is 11.9. The molecule has 0 aliphatic heterocycles. The van der Waals surface area contributed by atoms with E-state index in [0.717, 1.165) is 12.8 Å². The summed E-state index contributed by atoms with van der Waals surface area (Å²) in [5, 5.41) is 0. The quantitative estimate of drug-likeness (QED) is 0.623. The molecule has 18 heavy (non-hydrogen) atoms. The summed E-state index contributed by atoms with van der Waals surface area (Å²) in [6.45, 7) is 6.24. The van der Waals surface area contributed by atoms with Crippen LogP contribution in [-0.2, 0) is 4.74 Å². The van der Waals surface area contributed by atoms with Gasteiger partial charge in [0.1, 0.15) is 5.56 Å². The second-order valence-electron chi connectivity index (χ2n) is 4.16. The smallest absolute Gasteiger partial charge is 0.342 e. The average molecular weight is 251 g/mol. The topological polar surface area (TPSA) is 61.5 Å². The molecule has 0 spiro atoms. The van der Waals surface area contributed by atoms with Gasteiger partial charge >= 0.3 is 5.97 Å². The first-order chi connectivity index (χ1) is 8.60. The molecule has 100 valence electrons. The number of ether oxygens (including phenoxy) is 2. The van der Waals surface area contributed by atoms with Crippen LogP contribution in [0.3, 0.4) is 0 Å². The van der Waals surface area contributed by atoms with Gasteiger partial charge in [0.05, 0.1) is 18.4 Å². The van der Waals surface area contributed by atoms with Crippen LogP contribution in [-0.4, -0.2) is 18.7 Å². The lowest BCUT2D eigenvalue weighted by Gasteiger charge is -2.15. The summed E-state index contributed by atoms with van der Waals surface area (Å²) in [5.74, 6) is 0.0281. The Kier molecular flexibility index (Phi) is 5.49. The van der Waals surface area contributed by atoms with Crippen molar-refractivity contribution in [2.45, 2.75) is 39.7 Å². The van der Waals surface area contributed by atoms with Gasteiger partial charge in [-0.25, -0.2) is 4.79 Å². The molecular weight excluding hydrogens is 230 g/mol. The third-order valence-corrected chi connectivity index (χ3v) is 2.56. The zero-order chi connectivity index (χ0) is 13.5. The van der Waals surface area contributed by atoms with Gasteiger partial charge in [-0.2, -0.15) is 0 Å². The average Bonchev–Trinajstić information content (AvgIpc) is 2.32. The molecule has 0 aliphatic carbocycles. The number of carbonyl (C=O) groups excluding carboxylic acids is 1. The fraction of sp³-hybridized carbons (Fsp3) is 0.500. The monoisotopic (exact) mass is 251 g/mol. The third-order valence-electron chi connectivity index (χ3n) is 2.56. The Morgan fingerprint density at radius 2 is 2.11 bits per heavy atom. The van der Waals surface area contributed by atoms with Gasteiger partial charge in [0.15, 0.2) is 5.75 Å². The van der Waals surface area contributed by atoms with E-state index in [1.807, 2.05) is 13.8 Å². The number of nitrogen functional groups attached to an aromatic ring is 1. The number of carbonyl (C=O) groups is 1. The minimum Gasteiger partial charge on any atom is -0.491 e. The number of anilines is 1. The molecule has 0 saturated heterocycles. The minimum absolute atomic E-state index is 0.0987. The van der Waals surface area contributed by atoms with Gasteiger partial charge in [-0.15, -0.1) is 0 Å². The van der Waals surface area contributed by atoms with Crippen molar-refractivity contribution in [1.82, 2.24) is 0 Å². The zero-order valence-corrected chi connectivity index (χ0v) is 11.2. The first-order valence-electron chi connectivity index (χ1n) is 6.32. The second kappa shape index (κ2) is 6.89. The van der Waals surface area contributed by atoms with E-state index in [9.17, 15) is 4.79 Å². The molecule has 1 atom stereocenters. The van der Waals surface area contributed by atoms with Crippen molar-refractivity contribution in [1.29, 1.82) is 0 Å². The lowest BCUT2D eigenvalue weighted by molar-refractivity contribution is 0.0319. The summed E-state index contributed by atoms with van der Waals surface area (Å²) in [6.07, 6.45) is 1.72. The van der Waals surface area contributed by atoms with Crippen LogP contribution in [0.15, 0.2) is 18.2 Å². The second-order valence-corrected chi connectivity index (χ2v) is 4.16. The van der Waals surface area contributed by atoms with E-state index in [0.29, 0.717) is 23.6 Å². The summed E-state index contributed by atoms with van der Waals surface area (Å²) in [7, 11) is 0. The van der Waals surface area contributed by atoms with Crippen LogP contribution in [0, 0.1) is 0 Å². The Labute approximate surface area is 108 Å². The van der Waals surface area contributed by atoms with Crippen LogP contribution in [0.5, 0.6) is 5.75 Å². The molecule has 0 heterocycles. The highest BCUT2D eigenvalue weighted by Crippen LogP contribution is 2.27. The van der Waals surface area contributed by atoms with E-state index in [1.54, 1.807) is 18.2 Å². The van der Waals surface area contributed by atoms with E-state index in [1.165, 1.54) is 0 Å². The number of nitrogens with two attached hydrogens (primary N) is 1. The van der Waals surface area contributed by atoms with E-state index in [4.69, 9.17) is 15.2 Å². The van der Waals surface area contributed by atoms with E-state index in [2.05, 4.69) is 6.92 Å². The van der Waals surface area contributed by atoms with Crippen LogP contribution in [0.4, 0.5) is 5.69 Å². The first-order valence-corrected chi connectivity index (χ1v) is 6.32. The summed E-state index contributed by atoms with van der Waals surface area (Å²) < 4.78 is 10.7. The Balaban J connectivity index is 2.87. The predicted molar refractivity (Wildman–Crippen MR) is 71.8 cm³/mol. The van der Waals surface area contributed by atoms with Gasteiger partial charge in [-0.1, -0.05) is 19.4 Å². The lowest BCUT2D eigenvalue weighted by atomic mass is 10.1. The number of para-hydroxylation sites is 1. The lowest BCUT2D eigenvalue weighted by Crippen LogP contribution is -2.16. The van der Waals surface area contributed by atoms with Crippen molar-refractivity contribution in [3.8, 4) is 5.75 Å². The first kappa shape index (κ1) is 14.4. The fourth-order valence-corrected chi connectivity index (χ4v) is 1.73. The van der Waals surface area contributed by atoms with Crippen molar-refractivity contribution in [3.63, 3.8) is 0 Å². The van der Waals surface area contributed by atoms with Gasteiger partial charge in [-0.05, 0) is 32.4 Å². The molecule has 4 nitrogen and oxygen atoms in total. The molecule has 1 aromatic carbocycles. The Bertz CT molecular complexity index is 404. The highest BCUT2D eigenvalue weighted by Gasteiger charge is 2.18. The van der Waals surface area contributed by atoms with Crippen LogP contribution in [0.2, 0.25) is 0 Å². The maximum Gasteiger partial charge on any atom is 0.342 e. The molecule has 1 rings (SSSR count). The van der Waals surface area contributed by atoms with Gasteiger partial charge in [0.25, 0.3) is 0 Å². The highest BCUT2D eigenvalue weighted by molar-refractivity contribution is 5.94. The van der Waals surface area contributed by atoms with E-state index >= 15 is 0 Å². The SMILES string of the molecule is CCCC(C)OC(=O)c1cccc(N)c1OCC. The highest BCUT2D eigenvalue weighted by atomic mass is 16.5. The Morgan fingerprint density at radius 1 is 1.39 bits per heavy atom. The maximum absolute atomic E-state index is 12.0. The number of hydrogen-bond donors (Lipinski definition) is 1. The molecule has 2 N–H and O–H groups in total. The molecule has 0 amide bonds. The number of hydrogen-bond acceptors (Lipinski definition) is 4. The molecule has 0 bridgehead atoms. The fourth-order valence-electron chi connectivity index (χ4n) is 1.73. The van der Waals surface area contributed by atoms with Gasteiger partial charge in [-0.3, -0.25) is 0 Å². The molecule has 0 radical (unpaired) electrons. The Morgan fingerprint density at radius 3 is 2.72 bits per heavy atom. The van der Waals surface area contributed by atoms with Crippen LogP contribution in [0.25, 0.3) is 0 Å². The molecule has 1 unspecified atom stereocenters. The van der Waals surface area contributed by atoms with E-state index < -0.39 is 0 Å². The zero-order valence-electron chi connectivity index (χ0n) is 11.2. The van der Waals surface area contributed by atoms with Gasteiger partial charge in [0.2, 0.25) is 0 Å².